The summed E-state index contributed by atoms with van der Waals surface area (Å²) in [5.41, 5.74) is 0.167. The van der Waals surface area contributed by atoms with Gasteiger partial charge in [0.25, 0.3) is 11.5 Å². The number of carboxylic acids is 1. The zero-order valence-corrected chi connectivity index (χ0v) is 11.7. The molecule has 2 rings (SSSR count). The van der Waals surface area contributed by atoms with Crippen LogP contribution in [-0.2, 0) is 4.79 Å². The van der Waals surface area contributed by atoms with Crippen molar-refractivity contribution in [1.29, 1.82) is 0 Å². The summed E-state index contributed by atoms with van der Waals surface area (Å²) in [6.07, 6.45) is 3.78. The van der Waals surface area contributed by atoms with E-state index in [-0.39, 0.29) is 10.7 Å². The molecule has 7 nitrogen and oxygen atoms in total. The summed E-state index contributed by atoms with van der Waals surface area (Å²) >= 11 is 1.10. The lowest BCUT2D eigenvalue weighted by atomic mass is 10.2. The second-order valence-electron chi connectivity index (χ2n) is 4.08. The van der Waals surface area contributed by atoms with Crippen molar-refractivity contribution in [1.82, 2.24) is 9.97 Å². The summed E-state index contributed by atoms with van der Waals surface area (Å²) in [6.45, 7) is 1.71. The summed E-state index contributed by atoms with van der Waals surface area (Å²) in [4.78, 5) is 41.0. The maximum Gasteiger partial charge on any atom is 0.328 e. The number of H-pyrrole nitrogens is 1. The van der Waals surface area contributed by atoms with Crippen molar-refractivity contribution in [2.75, 3.05) is 5.32 Å². The van der Waals surface area contributed by atoms with Crippen LogP contribution in [-0.4, -0.2) is 27.0 Å². The van der Waals surface area contributed by atoms with Crippen LogP contribution in [0.1, 0.15) is 20.9 Å². The van der Waals surface area contributed by atoms with Gasteiger partial charge in [0.05, 0.1) is 0 Å². The quantitative estimate of drug-likeness (QED) is 0.741. The molecule has 0 unspecified atom stereocenters. The first-order valence-corrected chi connectivity index (χ1v) is 6.65. The molecule has 0 aromatic carbocycles. The Morgan fingerprint density at radius 3 is 2.86 bits per heavy atom. The highest BCUT2D eigenvalue weighted by Gasteiger charge is 2.12. The molecule has 0 aliphatic heterocycles. The van der Waals surface area contributed by atoms with E-state index in [1.165, 1.54) is 18.3 Å². The summed E-state index contributed by atoms with van der Waals surface area (Å²) in [5.74, 6) is -1.64. The molecule has 0 aliphatic rings. The van der Waals surface area contributed by atoms with Gasteiger partial charge in [0.15, 0.2) is 5.13 Å². The summed E-state index contributed by atoms with van der Waals surface area (Å²) in [5, 5.41) is 11.3. The molecule has 21 heavy (non-hydrogen) atoms. The minimum Gasteiger partial charge on any atom is -0.478 e. The van der Waals surface area contributed by atoms with Crippen LogP contribution in [0.25, 0.3) is 6.08 Å². The molecule has 3 N–H and O–H groups in total. The number of pyridine rings is 1. The molecule has 0 bridgehead atoms. The van der Waals surface area contributed by atoms with Crippen LogP contribution in [0, 0.1) is 6.92 Å². The first-order chi connectivity index (χ1) is 9.95. The highest BCUT2D eigenvalue weighted by atomic mass is 32.1. The molecule has 0 aliphatic carbocycles. The fourth-order valence-corrected chi connectivity index (χ4v) is 2.20. The Labute approximate surface area is 123 Å². The van der Waals surface area contributed by atoms with Crippen LogP contribution in [0.3, 0.4) is 0 Å². The maximum absolute atomic E-state index is 11.9. The number of amides is 1. The molecule has 1 amide bonds. The van der Waals surface area contributed by atoms with E-state index in [9.17, 15) is 14.4 Å². The fraction of sp³-hybridized carbons (Fsp3) is 0.0769. The van der Waals surface area contributed by atoms with Gasteiger partial charge in [-0.15, -0.1) is 0 Å². The molecule has 8 heteroatoms. The van der Waals surface area contributed by atoms with E-state index >= 15 is 0 Å². The topological polar surface area (TPSA) is 112 Å². The van der Waals surface area contributed by atoms with Gasteiger partial charge in [0.2, 0.25) is 0 Å². The molecule has 0 fully saturated rings. The average molecular weight is 305 g/mol. The van der Waals surface area contributed by atoms with Gasteiger partial charge in [-0.05, 0) is 25.1 Å². The van der Waals surface area contributed by atoms with E-state index in [1.54, 1.807) is 13.0 Å². The van der Waals surface area contributed by atoms with Crippen molar-refractivity contribution >= 4 is 34.4 Å². The second-order valence-corrected chi connectivity index (χ2v) is 5.14. The minimum atomic E-state index is -1.07. The van der Waals surface area contributed by atoms with Crippen molar-refractivity contribution in [3.8, 4) is 0 Å². The van der Waals surface area contributed by atoms with E-state index in [1.807, 2.05) is 0 Å². The Morgan fingerprint density at radius 2 is 2.19 bits per heavy atom. The zero-order chi connectivity index (χ0) is 15.4. The van der Waals surface area contributed by atoms with Crippen molar-refractivity contribution in [2.24, 2.45) is 0 Å². The molecule has 0 radical (unpaired) electrons. The van der Waals surface area contributed by atoms with Crippen LogP contribution in [0.4, 0.5) is 5.13 Å². The number of carbonyl (C=O) groups excluding carboxylic acids is 1. The fourth-order valence-electron chi connectivity index (χ4n) is 1.49. The predicted molar refractivity (Wildman–Crippen MR) is 78.5 cm³/mol. The number of nitrogens with zero attached hydrogens (tertiary/aromatic N) is 1. The van der Waals surface area contributed by atoms with E-state index < -0.39 is 17.4 Å². The molecule has 0 spiro atoms. The van der Waals surface area contributed by atoms with Crippen LogP contribution < -0.4 is 10.9 Å². The van der Waals surface area contributed by atoms with Gasteiger partial charge in [0.1, 0.15) is 5.56 Å². The number of carboxylic acid groups (broad SMARTS) is 1. The lowest BCUT2D eigenvalue weighted by Gasteiger charge is -2.01. The number of aliphatic carboxylic acids is 1. The molecule has 2 aromatic rings. The number of hydrogen-bond donors (Lipinski definition) is 3. The summed E-state index contributed by atoms with van der Waals surface area (Å²) in [7, 11) is 0. The zero-order valence-electron chi connectivity index (χ0n) is 10.9. The summed E-state index contributed by atoms with van der Waals surface area (Å²) in [6, 6.07) is 3.06. The Morgan fingerprint density at radius 1 is 1.43 bits per heavy atom. The third-order valence-electron chi connectivity index (χ3n) is 2.43. The van der Waals surface area contributed by atoms with Crippen molar-refractivity contribution in [3.05, 3.63) is 50.9 Å². The van der Waals surface area contributed by atoms with E-state index in [2.05, 4.69) is 15.3 Å². The van der Waals surface area contributed by atoms with E-state index in [0.717, 1.165) is 17.4 Å². The van der Waals surface area contributed by atoms with Gasteiger partial charge in [0, 0.05) is 22.8 Å². The second kappa shape index (κ2) is 6.14. The first-order valence-electron chi connectivity index (χ1n) is 5.84. The van der Waals surface area contributed by atoms with Gasteiger partial charge in [-0.3, -0.25) is 14.9 Å². The Hall–Kier alpha value is -2.74. The molecule has 108 valence electrons. The number of aromatic nitrogens is 2. The standard InChI is InChI=1S/C13H11N3O4S/c1-7-2-4-9(11(19)15-7)12(20)16-13-14-6-8(21-13)3-5-10(17)18/h2-6H,1H3,(H,15,19)(H,17,18)(H,14,16,20)/b5-3+. The first kappa shape index (κ1) is 14.7. The lowest BCUT2D eigenvalue weighted by molar-refractivity contribution is -0.131. The highest BCUT2D eigenvalue weighted by Crippen LogP contribution is 2.19. The molecular weight excluding hydrogens is 294 g/mol. The minimum absolute atomic E-state index is 0.0153. The highest BCUT2D eigenvalue weighted by molar-refractivity contribution is 7.16. The van der Waals surface area contributed by atoms with E-state index in [0.29, 0.717) is 10.6 Å². The number of carbonyl (C=O) groups is 2. The smallest absolute Gasteiger partial charge is 0.328 e. The van der Waals surface area contributed by atoms with Crippen LogP contribution >= 0.6 is 11.3 Å². The van der Waals surface area contributed by atoms with Crippen LogP contribution in [0.2, 0.25) is 0 Å². The Balaban J connectivity index is 2.13. The normalized spacial score (nSPS) is 10.7. The third-order valence-corrected chi connectivity index (χ3v) is 3.31. The van der Waals surface area contributed by atoms with Crippen LogP contribution in [0.15, 0.2) is 29.2 Å². The van der Waals surface area contributed by atoms with Crippen molar-refractivity contribution in [3.63, 3.8) is 0 Å². The molecule has 2 aromatic heterocycles. The number of thiazole rings is 1. The van der Waals surface area contributed by atoms with Crippen molar-refractivity contribution < 1.29 is 14.7 Å². The number of rotatable bonds is 4. The molecule has 2 heterocycles. The number of anilines is 1. The maximum atomic E-state index is 11.9. The van der Waals surface area contributed by atoms with Gasteiger partial charge in [-0.2, -0.15) is 0 Å². The number of hydrogen-bond acceptors (Lipinski definition) is 5. The largest absolute Gasteiger partial charge is 0.478 e. The third kappa shape index (κ3) is 3.86. The Kier molecular flexibility index (Phi) is 4.29. The van der Waals surface area contributed by atoms with E-state index in [4.69, 9.17) is 5.11 Å². The molecule has 0 atom stereocenters. The van der Waals surface area contributed by atoms with Crippen molar-refractivity contribution in [2.45, 2.75) is 6.92 Å². The van der Waals surface area contributed by atoms with Gasteiger partial charge >= 0.3 is 5.97 Å². The number of aryl methyl sites for hydroxylation is 1. The SMILES string of the molecule is Cc1ccc(C(=O)Nc2ncc(/C=C/C(=O)O)s2)c(=O)[nH]1. The van der Waals surface area contributed by atoms with Gasteiger partial charge in [-0.1, -0.05) is 11.3 Å². The molecule has 0 saturated heterocycles. The van der Waals surface area contributed by atoms with Gasteiger partial charge < -0.3 is 10.1 Å². The monoisotopic (exact) mass is 305 g/mol. The lowest BCUT2D eigenvalue weighted by Crippen LogP contribution is -2.23. The van der Waals surface area contributed by atoms with Crippen LogP contribution in [0.5, 0.6) is 0 Å². The number of nitrogens with one attached hydrogen (secondary N) is 2. The van der Waals surface area contributed by atoms with Gasteiger partial charge in [-0.25, -0.2) is 9.78 Å². The molecule has 0 saturated carbocycles. The predicted octanol–water partition coefficient (Wildman–Crippen LogP) is 1.49. The molecular formula is C13H11N3O4S. The summed E-state index contributed by atoms with van der Waals surface area (Å²) < 4.78 is 0. The Bertz CT molecular complexity index is 776. The number of aromatic amines is 1. The average Bonchev–Trinajstić information content (AvgIpc) is 2.83.